The molecule has 1 aromatic carbocycles. The van der Waals surface area contributed by atoms with Gasteiger partial charge >= 0.3 is 0 Å². The molecule has 1 aliphatic rings. The predicted octanol–water partition coefficient (Wildman–Crippen LogP) is 3.14. The first-order valence-electron chi connectivity index (χ1n) is 7.00. The second-order valence-electron chi connectivity index (χ2n) is 5.23. The zero-order valence-electron chi connectivity index (χ0n) is 12.5. The van der Waals surface area contributed by atoms with Gasteiger partial charge in [0.15, 0.2) is 11.6 Å². The van der Waals surface area contributed by atoms with Crippen LogP contribution in [0.5, 0.6) is 0 Å². The fraction of sp³-hybridized carbons (Fsp3) is 0.333. The lowest BCUT2D eigenvalue weighted by Crippen LogP contribution is -2.50. The van der Waals surface area contributed by atoms with Gasteiger partial charge in [-0.3, -0.25) is 4.79 Å². The van der Waals surface area contributed by atoms with E-state index >= 15 is 0 Å². The third-order valence-corrected chi connectivity index (χ3v) is 4.42. The summed E-state index contributed by atoms with van der Waals surface area (Å²) in [5.74, 6) is -2.03. The van der Waals surface area contributed by atoms with Crippen LogP contribution in [0.2, 0.25) is 0 Å². The maximum atomic E-state index is 13.5. The molecular formula is C15H17Cl2F2N3OS. The van der Waals surface area contributed by atoms with Gasteiger partial charge in [0.25, 0.3) is 5.91 Å². The van der Waals surface area contributed by atoms with Gasteiger partial charge in [-0.25, -0.2) is 13.8 Å². The van der Waals surface area contributed by atoms with E-state index in [1.807, 2.05) is 0 Å². The lowest BCUT2D eigenvalue weighted by atomic mass is 9.86. The smallest absolute Gasteiger partial charge is 0.271 e. The first-order valence-corrected chi connectivity index (χ1v) is 7.94. The molecule has 3 rings (SSSR count). The van der Waals surface area contributed by atoms with Crippen molar-refractivity contribution >= 4 is 42.1 Å². The van der Waals surface area contributed by atoms with Crippen LogP contribution in [-0.4, -0.2) is 30.0 Å². The Morgan fingerprint density at radius 1 is 1.29 bits per heavy atom. The van der Waals surface area contributed by atoms with Crippen LogP contribution in [0.1, 0.15) is 28.4 Å². The predicted molar refractivity (Wildman–Crippen MR) is 94.4 cm³/mol. The zero-order valence-corrected chi connectivity index (χ0v) is 14.9. The minimum atomic E-state index is -0.861. The number of nitrogens with one attached hydrogen (secondary N) is 2. The number of halogens is 4. The molecule has 1 fully saturated rings. The number of piperidine rings is 1. The van der Waals surface area contributed by atoms with Gasteiger partial charge < -0.3 is 10.6 Å². The molecule has 1 amide bonds. The highest BCUT2D eigenvalue weighted by Gasteiger charge is 2.29. The largest absolute Gasteiger partial charge is 0.346 e. The molecular weight excluding hydrogens is 379 g/mol. The Morgan fingerprint density at radius 3 is 2.75 bits per heavy atom. The van der Waals surface area contributed by atoms with Crippen LogP contribution in [0, 0.1) is 11.6 Å². The van der Waals surface area contributed by atoms with Crippen LogP contribution in [0.4, 0.5) is 8.78 Å². The Labute approximate surface area is 154 Å². The number of rotatable bonds is 3. The molecule has 2 heterocycles. The molecule has 2 aromatic rings. The minimum Gasteiger partial charge on any atom is -0.346 e. The summed E-state index contributed by atoms with van der Waals surface area (Å²) >= 11 is 1.35. The molecule has 1 saturated heterocycles. The van der Waals surface area contributed by atoms with Crippen molar-refractivity contribution in [3.63, 3.8) is 0 Å². The van der Waals surface area contributed by atoms with Gasteiger partial charge in [-0.05, 0) is 30.7 Å². The van der Waals surface area contributed by atoms with Crippen LogP contribution < -0.4 is 10.6 Å². The Morgan fingerprint density at radius 2 is 2.08 bits per heavy atom. The molecule has 132 valence electrons. The fourth-order valence-electron chi connectivity index (χ4n) is 2.72. The van der Waals surface area contributed by atoms with E-state index in [0.29, 0.717) is 17.8 Å². The molecule has 0 spiro atoms. The van der Waals surface area contributed by atoms with Crippen molar-refractivity contribution in [3.05, 3.63) is 52.0 Å². The molecule has 2 unspecified atom stereocenters. The summed E-state index contributed by atoms with van der Waals surface area (Å²) in [6.45, 7) is 1.35. The summed E-state index contributed by atoms with van der Waals surface area (Å²) in [6.07, 6.45) is 0.743. The van der Waals surface area contributed by atoms with Crippen molar-refractivity contribution < 1.29 is 13.6 Å². The van der Waals surface area contributed by atoms with E-state index in [0.717, 1.165) is 19.0 Å². The SMILES string of the molecule is Cl.Cl.O=C(NC1CNCCC1c1ccc(F)c(F)c1)c1cscn1. The van der Waals surface area contributed by atoms with Crippen LogP contribution >= 0.6 is 36.2 Å². The van der Waals surface area contributed by atoms with E-state index in [1.54, 1.807) is 17.0 Å². The van der Waals surface area contributed by atoms with Crippen LogP contribution in [0.3, 0.4) is 0 Å². The topological polar surface area (TPSA) is 54.0 Å². The number of nitrogens with zero attached hydrogens (tertiary/aromatic N) is 1. The van der Waals surface area contributed by atoms with Gasteiger partial charge in [0.2, 0.25) is 0 Å². The van der Waals surface area contributed by atoms with E-state index in [9.17, 15) is 13.6 Å². The van der Waals surface area contributed by atoms with Gasteiger partial charge in [0.05, 0.1) is 5.51 Å². The third kappa shape index (κ3) is 4.63. The second-order valence-corrected chi connectivity index (χ2v) is 5.95. The number of aromatic nitrogens is 1. The molecule has 0 bridgehead atoms. The molecule has 0 radical (unpaired) electrons. The van der Waals surface area contributed by atoms with Crippen molar-refractivity contribution in [1.82, 2.24) is 15.6 Å². The molecule has 0 saturated carbocycles. The third-order valence-electron chi connectivity index (χ3n) is 3.84. The number of amides is 1. The van der Waals surface area contributed by atoms with Crippen molar-refractivity contribution in [3.8, 4) is 0 Å². The molecule has 2 N–H and O–H groups in total. The van der Waals surface area contributed by atoms with Crippen LogP contribution in [-0.2, 0) is 0 Å². The molecule has 1 aliphatic heterocycles. The number of carbonyl (C=O) groups excluding carboxylic acids is 1. The van der Waals surface area contributed by atoms with Crippen molar-refractivity contribution in [2.45, 2.75) is 18.4 Å². The number of hydrogen-bond acceptors (Lipinski definition) is 4. The Balaban J connectivity index is 0.00000144. The van der Waals surface area contributed by atoms with Gasteiger partial charge in [0.1, 0.15) is 5.69 Å². The van der Waals surface area contributed by atoms with Gasteiger partial charge in [-0.2, -0.15) is 0 Å². The summed E-state index contributed by atoms with van der Waals surface area (Å²) in [7, 11) is 0. The van der Waals surface area contributed by atoms with Gasteiger partial charge in [-0.15, -0.1) is 36.2 Å². The Hall–Kier alpha value is -1.28. The average molecular weight is 396 g/mol. The van der Waals surface area contributed by atoms with Crippen molar-refractivity contribution in [1.29, 1.82) is 0 Å². The van der Waals surface area contributed by atoms with E-state index in [-0.39, 0.29) is 42.7 Å². The van der Waals surface area contributed by atoms with Gasteiger partial charge in [-0.1, -0.05) is 6.07 Å². The first kappa shape index (κ1) is 20.8. The zero-order chi connectivity index (χ0) is 15.5. The number of hydrogen-bond donors (Lipinski definition) is 2. The van der Waals surface area contributed by atoms with E-state index in [1.165, 1.54) is 17.4 Å². The number of thiazole rings is 1. The summed E-state index contributed by atoms with van der Waals surface area (Å²) in [5, 5.41) is 7.82. The van der Waals surface area contributed by atoms with E-state index in [4.69, 9.17) is 0 Å². The standard InChI is InChI=1S/C15H15F2N3OS.2ClH/c16-11-2-1-9(5-12(11)17)10-3-4-18-6-13(10)20-15(21)14-7-22-8-19-14;;/h1-2,5,7-8,10,13,18H,3-4,6H2,(H,20,21);2*1H. The first-order chi connectivity index (χ1) is 10.6. The molecule has 0 aliphatic carbocycles. The number of carbonyl (C=O) groups is 1. The highest BCUT2D eigenvalue weighted by molar-refractivity contribution is 7.07. The number of benzene rings is 1. The lowest BCUT2D eigenvalue weighted by Gasteiger charge is -2.33. The molecule has 9 heteroatoms. The normalized spacial score (nSPS) is 19.8. The summed E-state index contributed by atoms with van der Waals surface area (Å²) in [6, 6.07) is 3.74. The maximum Gasteiger partial charge on any atom is 0.271 e. The average Bonchev–Trinajstić information content (AvgIpc) is 3.05. The van der Waals surface area contributed by atoms with Crippen molar-refractivity contribution in [2.75, 3.05) is 13.1 Å². The Bertz CT molecular complexity index is 673. The molecule has 2 atom stereocenters. The fourth-order valence-corrected chi connectivity index (χ4v) is 3.25. The molecule has 4 nitrogen and oxygen atoms in total. The van der Waals surface area contributed by atoms with E-state index in [2.05, 4.69) is 15.6 Å². The van der Waals surface area contributed by atoms with Crippen LogP contribution in [0.25, 0.3) is 0 Å². The minimum absolute atomic E-state index is 0. The summed E-state index contributed by atoms with van der Waals surface area (Å²) < 4.78 is 26.6. The summed E-state index contributed by atoms with van der Waals surface area (Å²) in [5.41, 5.74) is 2.67. The van der Waals surface area contributed by atoms with E-state index < -0.39 is 11.6 Å². The van der Waals surface area contributed by atoms with Crippen molar-refractivity contribution in [2.24, 2.45) is 0 Å². The summed E-state index contributed by atoms with van der Waals surface area (Å²) in [4.78, 5) is 16.1. The quantitative estimate of drug-likeness (QED) is 0.838. The lowest BCUT2D eigenvalue weighted by molar-refractivity contribution is 0.0920. The highest BCUT2D eigenvalue weighted by Crippen LogP contribution is 2.27. The highest BCUT2D eigenvalue weighted by atomic mass is 35.5. The van der Waals surface area contributed by atoms with Gasteiger partial charge in [0, 0.05) is 23.9 Å². The second kappa shape index (κ2) is 9.27. The molecule has 1 aromatic heterocycles. The monoisotopic (exact) mass is 395 g/mol. The Kier molecular flexibility index (Phi) is 8.02. The maximum absolute atomic E-state index is 13.5. The molecule has 24 heavy (non-hydrogen) atoms. The van der Waals surface area contributed by atoms with Crippen LogP contribution in [0.15, 0.2) is 29.1 Å².